The number of Topliss-reactive ketones (excluding diaryl/α,β-unsaturated/α-hetero) is 1. The van der Waals surface area contributed by atoms with Gasteiger partial charge in [-0.25, -0.2) is 0 Å². The van der Waals surface area contributed by atoms with E-state index in [1.54, 1.807) is 24.3 Å². The van der Waals surface area contributed by atoms with Crippen molar-refractivity contribution < 1.29 is 28.9 Å². The third-order valence-corrected chi connectivity index (χ3v) is 7.07. The fourth-order valence-electron chi connectivity index (χ4n) is 5.21. The lowest BCUT2D eigenvalue weighted by Gasteiger charge is -2.39. The van der Waals surface area contributed by atoms with Crippen molar-refractivity contribution in [1.29, 1.82) is 0 Å². The molecule has 7 nitrogen and oxygen atoms in total. The predicted molar refractivity (Wildman–Crippen MR) is 121 cm³/mol. The van der Waals surface area contributed by atoms with Crippen LogP contribution in [0.2, 0.25) is 0 Å². The van der Waals surface area contributed by atoms with Crippen LogP contribution in [0.4, 0.5) is 0 Å². The zero-order chi connectivity index (χ0) is 23.4. The average Bonchev–Trinajstić information content (AvgIpc) is 2.96. The summed E-state index contributed by atoms with van der Waals surface area (Å²) >= 11 is 3.42. The van der Waals surface area contributed by atoms with Gasteiger partial charge in [0.2, 0.25) is 11.4 Å². The number of hydrogen-bond acceptors (Lipinski definition) is 7. The van der Waals surface area contributed by atoms with E-state index in [2.05, 4.69) is 20.9 Å². The highest BCUT2D eigenvalue weighted by molar-refractivity contribution is 9.10. The Kier molecular flexibility index (Phi) is 5.02. The van der Waals surface area contributed by atoms with Crippen LogP contribution in [-0.2, 0) is 25.5 Å². The van der Waals surface area contributed by atoms with Gasteiger partial charge in [-0.3, -0.25) is 14.6 Å². The molecule has 2 aliphatic rings. The van der Waals surface area contributed by atoms with Crippen molar-refractivity contribution in [2.24, 2.45) is 5.92 Å². The number of ether oxygens (including phenoxy) is 3. The summed E-state index contributed by atoms with van der Waals surface area (Å²) in [6, 6.07) is 16.1. The van der Waals surface area contributed by atoms with Crippen LogP contribution in [0.3, 0.4) is 0 Å². The highest BCUT2D eigenvalue weighted by atomic mass is 79.9. The van der Waals surface area contributed by atoms with E-state index in [0.29, 0.717) is 11.1 Å². The minimum absolute atomic E-state index is 0.0755. The second-order valence-electron chi connectivity index (χ2n) is 8.04. The van der Waals surface area contributed by atoms with Crippen LogP contribution in [0.15, 0.2) is 71.5 Å². The normalized spacial score (nSPS) is 27.5. The number of pyridine rings is 1. The molecule has 168 valence electrons. The van der Waals surface area contributed by atoms with E-state index >= 15 is 0 Å². The van der Waals surface area contributed by atoms with Gasteiger partial charge in [0.25, 0.3) is 0 Å². The molecule has 1 saturated carbocycles. The number of halogens is 1. The monoisotopic (exact) mass is 509 g/mol. The number of fused-ring (bicyclic) bond motifs is 4. The summed E-state index contributed by atoms with van der Waals surface area (Å²) in [7, 11) is 2.64. The Hall–Kier alpha value is -3.23. The van der Waals surface area contributed by atoms with Crippen molar-refractivity contribution in [3.8, 4) is 11.5 Å². The first kappa shape index (κ1) is 21.6. The molecule has 1 aliphatic heterocycles. The SMILES string of the molecule is COC(=O)C1[C@@H](c2ccccc2)[C@]2(c3ccc(Br)cc3)Oc3cncc(OC)c3C1(O)C2=O. The van der Waals surface area contributed by atoms with Crippen molar-refractivity contribution in [2.75, 3.05) is 14.2 Å². The van der Waals surface area contributed by atoms with E-state index in [4.69, 9.17) is 14.2 Å². The molecule has 2 aromatic carbocycles. The molecular weight excluding hydrogens is 490 g/mol. The Morgan fingerprint density at radius 1 is 1.09 bits per heavy atom. The Bertz CT molecular complexity index is 1250. The molecule has 1 aliphatic carbocycles. The quantitative estimate of drug-likeness (QED) is 0.537. The summed E-state index contributed by atoms with van der Waals surface area (Å²) in [5, 5.41) is 12.2. The number of nitrogens with zero attached hydrogens (tertiary/aromatic N) is 1. The van der Waals surface area contributed by atoms with Gasteiger partial charge < -0.3 is 19.3 Å². The fourth-order valence-corrected chi connectivity index (χ4v) is 5.48. The van der Waals surface area contributed by atoms with Crippen LogP contribution in [0.1, 0.15) is 22.6 Å². The van der Waals surface area contributed by atoms with Crippen molar-refractivity contribution in [3.63, 3.8) is 0 Å². The highest BCUT2D eigenvalue weighted by Crippen LogP contribution is 2.65. The number of hydrogen-bond donors (Lipinski definition) is 1. The molecule has 2 unspecified atom stereocenters. The van der Waals surface area contributed by atoms with Gasteiger partial charge in [0, 0.05) is 10.0 Å². The molecule has 3 aromatic rings. The van der Waals surface area contributed by atoms with Crippen molar-refractivity contribution in [1.82, 2.24) is 4.98 Å². The van der Waals surface area contributed by atoms with Gasteiger partial charge in [-0.2, -0.15) is 0 Å². The zero-order valence-electron chi connectivity index (χ0n) is 17.8. The fraction of sp³-hybridized carbons (Fsp3) is 0.240. The molecule has 1 N–H and O–H groups in total. The number of esters is 1. The van der Waals surface area contributed by atoms with E-state index in [0.717, 1.165) is 4.47 Å². The van der Waals surface area contributed by atoms with E-state index < -0.39 is 34.8 Å². The van der Waals surface area contributed by atoms with Gasteiger partial charge in [-0.1, -0.05) is 58.4 Å². The maximum atomic E-state index is 14.3. The Morgan fingerprint density at radius 2 is 1.79 bits per heavy atom. The van der Waals surface area contributed by atoms with Gasteiger partial charge in [0.05, 0.1) is 38.1 Å². The maximum absolute atomic E-state index is 14.3. The van der Waals surface area contributed by atoms with Crippen LogP contribution in [-0.4, -0.2) is 36.1 Å². The topological polar surface area (TPSA) is 95.0 Å². The summed E-state index contributed by atoms with van der Waals surface area (Å²) < 4.78 is 17.8. The molecule has 2 heterocycles. The van der Waals surface area contributed by atoms with E-state index in [-0.39, 0.29) is 17.1 Å². The number of benzene rings is 2. The molecule has 1 aromatic heterocycles. The summed E-state index contributed by atoms with van der Waals surface area (Å²) in [5.74, 6) is -3.24. The maximum Gasteiger partial charge on any atom is 0.313 e. The van der Waals surface area contributed by atoms with Gasteiger partial charge in [0.1, 0.15) is 17.4 Å². The first-order chi connectivity index (χ1) is 15.9. The molecular formula is C25H20BrNO6. The number of aliphatic hydroxyl groups is 1. The standard InChI is InChI=1S/C25H20BrNO6/c1-31-17-12-27-13-18-20(17)24(30)21(22(28)32-2)19(14-6-4-3-5-7-14)25(33-18,23(24)29)15-8-10-16(26)11-9-15/h3-13,19,21,30H,1-2H3/t19-,21?,24?,25+/m1/s1. The molecule has 8 heteroatoms. The first-order valence-electron chi connectivity index (χ1n) is 10.3. The molecule has 2 bridgehead atoms. The summed E-state index contributed by atoms with van der Waals surface area (Å²) in [5.41, 5.74) is -2.73. The Balaban J connectivity index is 1.91. The first-order valence-corrected chi connectivity index (χ1v) is 11.1. The second-order valence-corrected chi connectivity index (χ2v) is 8.96. The average molecular weight is 510 g/mol. The van der Waals surface area contributed by atoms with Gasteiger partial charge in [0.15, 0.2) is 5.60 Å². The molecule has 5 rings (SSSR count). The van der Waals surface area contributed by atoms with Crippen LogP contribution in [0, 0.1) is 5.92 Å². The summed E-state index contributed by atoms with van der Waals surface area (Å²) in [4.78, 5) is 31.7. The molecule has 0 amide bonds. The lowest BCUT2D eigenvalue weighted by molar-refractivity contribution is -0.162. The Labute approximate surface area is 198 Å². The van der Waals surface area contributed by atoms with E-state index in [9.17, 15) is 14.7 Å². The van der Waals surface area contributed by atoms with Crippen LogP contribution < -0.4 is 9.47 Å². The lowest BCUT2D eigenvalue weighted by Crippen LogP contribution is -2.51. The van der Waals surface area contributed by atoms with Gasteiger partial charge >= 0.3 is 5.97 Å². The molecule has 0 spiro atoms. The molecule has 1 fully saturated rings. The van der Waals surface area contributed by atoms with E-state index in [1.807, 2.05) is 30.3 Å². The molecule has 0 radical (unpaired) electrons. The predicted octanol–water partition coefficient (Wildman–Crippen LogP) is 3.48. The number of aromatic nitrogens is 1. The van der Waals surface area contributed by atoms with Gasteiger partial charge in [-0.05, 0) is 17.7 Å². The number of carbonyl (C=O) groups excluding carboxylic acids is 2. The second kappa shape index (κ2) is 7.67. The number of methoxy groups -OCH3 is 2. The molecule has 0 saturated heterocycles. The largest absolute Gasteiger partial charge is 0.495 e. The van der Waals surface area contributed by atoms with Crippen LogP contribution >= 0.6 is 15.9 Å². The minimum Gasteiger partial charge on any atom is -0.495 e. The van der Waals surface area contributed by atoms with E-state index in [1.165, 1.54) is 26.6 Å². The minimum atomic E-state index is -2.26. The third kappa shape index (κ3) is 2.80. The van der Waals surface area contributed by atoms with Gasteiger partial charge in [-0.15, -0.1) is 0 Å². The number of carbonyl (C=O) groups is 2. The summed E-state index contributed by atoms with van der Waals surface area (Å²) in [6.45, 7) is 0. The van der Waals surface area contributed by atoms with Crippen molar-refractivity contribution in [2.45, 2.75) is 17.1 Å². The number of rotatable bonds is 4. The summed E-state index contributed by atoms with van der Waals surface area (Å²) in [6.07, 6.45) is 2.80. The molecule has 4 atom stereocenters. The van der Waals surface area contributed by atoms with Crippen LogP contribution in [0.25, 0.3) is 0 Å². The van der Waals surface area contributed by atoms with Crippen molar-refractivity contribution >= 4 is 27.7 Å². The highest BCUT2D eigenvalue weighted by Gasteiger charge is 2.77. The lowest BCUT2D eigenvalue weighted by atomic mass is 9.75. The van der Waals surface area contributed by atoms with Crippen molar-refractivity contribution in [3.05, 3.63) is 88.2 Å². The molecule has 33 heavy (non-hydrogen) atoms. The zero-order valence-corrected chi connectivity index (χ0v) is 19.4. The smallest absolute Gasteiger partial charge is 0.313 e. The Morgan fingerprint density at radius 3 is 2.42 bits per heavy atom. The van der Waals surface area contributed by atoms with Crippen LogP contribution in [0.5, 0.6) is 11.5 Å². The number of ketones is 1. The third-order valence-electron chi connectivity index (χ3n) is 6.54.